The lowest BCUT2D eigenvalue weighted by atomic mass is 9.97. The summed E-state index contributed by atoms with van der Waals surface area (Å²) >= 11 is 0. The van der Waals surface area contributed by atoms with E-state index in [1.807, 2.05) is 6.92 Å². The van der Waals surface area contributed by atoms with Crippen molar-refractivity contribution in [1.82, 2.24) is 5.32 Å². The van der Waals surface area contributed by atoms with Gasteiger partial charge in [-0.15, -0.1) is 0 Å². The van der Waals surface area contributed by atoms with Crippen LogP contribution in [-0.4, -0.2) is 6.54 Å². The van der Waals surface area contributed by atoms with Gasteiger partial charge in [0.05, 0.1) is 0 Å². The first kappa shape index (κ1) is 15.6. The summed E-state index contributed by atoms with van der Waals surface area (Å²) in [6.07, 6.45) is 1.72. The molecule has 0 amide bonds. The Morgan fingerprint density at radius 3 is 2.00 bits per heavy atom. The summed E-state index contributed by atoms with van der Waals surface area (Å²) in [5.74, 6) is -1.07. The Kier molecular flexibility index (Phi) is 5.45. The van der Waals surface area contributed by atoms with Gasteiger partial charge in [-0.2, -0.15) is 0 Å². The number of nitrogens with one attached hydrogen (secondary N) is 1. The van der Waals surface area contributed by atoms with Crippen molar-refractivity contribution in [3.63, 3.8) is 0 Å². The molecular formula is C18H21F2N. The molecule has 21 heavy (non-hydrogen) atoms. The maximum atomic E-state index is 13.4. The largest absolute Gasteiger partial charge is 0.310 e. The highest BCUT2D eigenvalue weighted by Gasteiger charge is 2.13. The van der Waals surface area contributed by atoms with Crippen LogP contribution >= 0.6 is 0 Å². The lowest BCUT2D eigenvalue weighted by Gasteiger charge is -2.19. The standard InChI is InChI=1S/C18H21F2N/c1-3-13-5-7-14(8-6-13)9-18(21-4-2)15-10-16(19)12-17(20)11-15/h5-8,10-12,18,21H,3-4,9H2,1-2H3. The number of aryl methyl sites for hydroxylation is 1. The molecule has 1 unspecified atom stereocenters. The van der Waals surface area contributed by atoms with E-state index in [2.05, 4.69) is 36.5 Å². The number of rotatable bonds is 6. The minimum Gasteiger partial charge on any atom is -0.310 e. The smallest absolute Gasteiger partial charge is 0.126 e. The summed E-state index contributed by atoms with van der Waals surface area (Å²) < 4.78 is 26.8. The summed E-state index contributed by atoms with van der Waals surface area (Å²) in [6.45, 7) is 4.85. The van der Waals surface area contributed by atoms with E-state index < -0.39 is 11.6 Å². The van der Waals surface area contributed by atoms with Gasteiger partial charge in [0.15, 0.2) is 0 Å². The van der Waals surface area contributed by atoms with E-state index in [0.29, 0.717) is 12.0 Å². The fraction of sp³-hybridized carbons (Fsp3) is 0.333. The summed E-state index contributed by atoms with van der Waals surface area (Å²) in [4.78, 5) is 0. The zero-order chi connectivity index (χ0) is 15.2. The molecule has 0 aromatic heterocycles. The van der Waals surface area contributed by atoms with Crippen LogP contribution in [0.2, 0.25) is 0 Å². The minimum atomic E-state index is -0.533. The quantitative estimate of drug-likeness (QED) is 0.830. The number of hydrogen-bond acceptors (Lipinski definition) is 1. The fourth-order valence-corrected chi connectivity index (χ4v) is 2.48. The van der Waals surface area contributed by atoms with Crippen molar-refractivity contribution in [2.75, 3.05) is 6.54 Å². The van der Waals surface area contributed by atoms with Gasteiger partial charge in [0.2, 0.25) is 0 Å². The van der Waals surface area contributed by atoms with E-state index in [-0.39, 0.29) is 6.04 Å². The Hall–Kier alpha value is -1.74. The molecule has 0 heterocycles. The van der Waals surface area contributed by atoms with Crippen molar-refractivity contribution in [3.05, 3.63) is 70.8 Å². The van der Waals surface area contributed by atoms with Crippen molar-refractivity contribution < 1.29 is 8.78 Å². The Morgan fingerprint density at radius 1 is 0.905 bits per heavy atom. The maximum absolute atomic E-state index is 13.4. The first-order chi connectivity index (χ1) is 10.1. The van der Waals surface area contributed by atoms with Gasteiger partial charge in [-0.1, -0.05) is 38.1 Å². The third kappa shape index (κ3) is 4.36. The zero-order valence-corrected chi connectivity index (χ0v) is 12.5. The van der Waals surface area contributed by atoms with Crippen molar-refractivity contribution >= 4 is 0 Å². The second-order valence-corrected chi connectivity index (χ2v) is 5.19. The van der Waals surface area contributed by atoms with Crippen LogP contribution in [0.25, 0.3) is 0 Å². The first-order valence-corrected chi connectivity index (χ1v) is 7.39. The Bertz CT molecular complexity index is 558. The van der Waals surface area contributed by atoms with Crippen LogP contribution in [0.5, 0.6) is 0 Å². The van der Waals surface area contributed by atoms with Crippen molar-refractivity contribution in [1.29, 1.82) is 0 Å². The van der Waals surface area contributed by atoms with Crippen LogP contribution in [0, 0.1) is 11.6 Å². The molecule has 2 aromatic rings. The van der Waals surface area contributed by atoms with E-state index >= 15 is 0 Å². The molecule has 2 aromatic carbocycles. The third-order valence-corrected chi connectivity index (χ3v) is 3.61. The van der Waals surface area contributed by atoms with Crippen LogP contribution in [-0.2, 0) is 12.8 Å². The highest BCUT2D eigenvalue weighted by molar-refractivity contribution is 5.27. The Labute approximate surface area is 125 Å². The second-order valence-electron chi connectivity index (χ2n) is 5.19. The van der Waals surface area contributed by atoms with Gasteiger partial charge in [0, 0.05) is 12.1 Å². The van der Waals surface area contributed by atoms with Gasteiger partial charge in [0.1, 0.15) is 11.6 Å². The lowest BCUT2D eigenvalue weighted by molar-refractivity contribution is 0.529. The average Bonchev–Trinajstić information content (AvgIpc) is 2.46. The van der Waals surface area contributed by atoms with E-state index in [0.717, 1.165) is 24.6 Å². The normalized spacial score (nSPS) is 12.4. The lowest BCUT2D eigenvalue weighted by Crippen LogP contribution is -2.23. The van der Waals surface area contributed by atoms with Gasteiger partial charge < -0.3 is 5.32 Å². The monoisotopic (exact) mass is 289 g/mol. The van der Waals surface area contributed by atoms with E-state index in [9.17, 15) is 8.78 Å². The van der Waals surface area contributed by atoms with Crippen molar-refractivity contribution in [2.24, 2.45) is 0 Å². The SMILES string of the molecule is CCNC(Cc1ccc(CC)cc1)c1cc(F)cc(F)c1. The van der Waals surface area contributed by atoms with E-state index in [4.69, 9.17) is 0 Å². The van der Waals surface area contributed by atoms with Gasteiger partial charge in [0.25, 0.3) is 0 Å². The van der Waals surface area contributed by atoms with Crippen LogP contribution in [0.3, 0.4) is 0 Å². The molecule has 0 fully saturated rings. The highest BCUT2D eigenvalue weighted by Crippen LogP contribution is 2.21. The summed E-state index contributed by atoms with van der Waals surface area (Å²) in [6, 6.07) is 12.0. The highest BCUT2D eigenvalue weighted by atomic mass is 19.1. The van der Waals surface area contributed by atoms with Crippen molar-refractivity contribution in [3.8, 4) is 0 Å². The Morgan fingerprint density at radius 2 is 1.48 bits per heavy atom. The topological polar surface area (TPSA) is 12.0 Å². The third-order valence-electron chi connectivity index (χ3n) is 3.61. The molecular weight excluding hydrogens is 268 g/mol. The molecule has 3 heteroatoms. The molecule has 112 valence electrons. The van der Waals surface area contributed by atoms with Crippen LogP contribution < -0.4 is 5.32 Å². The second kappa shape index (κ2) is 7.32. The molecule has 1 N–H and O–H groups in total. The molecule has 0 aliphatic heterocycles. The van der Waals surface area contributed by atoms with Gasteiger partial charge in [-0.3, -0.25) is 0 Å². The first-order valence-electron chi connectivity index (χ1n) is 7.39. The predicted octanol–water partition coefficient (Wildman–Crippen LogP) is 4.42. The minimum absolute atomic E-state index is 0.0901. The van der Waals surface area contributed by atoms with Crippen molar-refractivity contribution in [2.45, 2.75) is 32.7 Å². The molecule has 0 saturated carbocycles. The fourth-order valence-electron chi connectivity index (χ4n) is 2.48. The van der Waals surface area contributed by atoms with Gasteiger partial charge in [-0.05, 0) is 48.2 Å². The average molecular weight is 289 g/mol. The molecule has 0 radical (unpaired) electrons. The van der Waals surface area contributed by atoms with Crippen LogP contribution in [0.15, 0.2) is 42.5 Å². The van der Waals surface area contributed by atoms with Crippen LogP contribution in [0.1, 0.15) is 36.6 Å². The zero-order valence-electron chi connectivity index (χ0n) is 12.5. The number of halogens is 2. The molecule has 0 saturated heterocycles. The van der Waals surface area contributed by atoms with Gasteiger partial charge in [-0.25, -0.2) is 8.78 Å². The number of likely N-dealkylation sites (N-methyl/N-ethyl adjacent to an activating group) is 1. The molecule has 2 rings (SSSR count). The number of hydrogen-bond donors (Lipinski definition) is 1. The van der Waals surface area contributed by atoms with Crippen LogP contribution in [0.4, 0.5) is 8.78 Å². The van der Waals surface area contributed by atoms with E-state index in [1.54, 1.807) is 0 Å². The predicted molar refractivity (Wildman–Crippen MR) is 82.3 cm³/mol. The molecule has 0 bridgehead atoms. The molecule has 1 atom stereocenters. The van der Waals surface area contributed by atoms with Gasteiger partial charge >= 0.3 is 0 Å². The summed E-state index contributed by atoms with van der Waals surface area (Å²) in [7, 11) is 0. The molecule has 0 aliphatic rings. The summed E-state index contributed by atoms with van der Waals surface area (Å²) in [5.41, 5.74) is 3.09. The molecule has 0 spiro atoms. The molecule has 0 aliphatic carbocycles. The summed E-state index contributed by atoms with van der Waals surface area (Å²) in [5, 5.41) is 3.30. The maximum Gasteiger partial charge on any atom is 0.126 e. The van der Waals surface area contributed by atoms with E-state index in [1.165, 1.54) is 17.7 Å². The molecule has 1 nitrogen and oxygen atoms in total. The Balaban J connectivity index is 2.21. The number of benzene rings is 2.